The van der Waals surface area contributed by atoms with Crippen molar-refractivity contribution in [2.75, 3.05) is 26.2 Å². The molecule has 0 bridgehead atoms. The van der Waals surface area contributed by atoms with Gasteiger partial charge in [0, 0.05) is 30.7 Å². The molecule has 1 spiro atoms. The number of aromatic nitrogens is 1. The van der Waals surface area contributed by atoms with Gasteiger partial charge in [-0.25, -0.2) is 0 Å². The van der Waals surface area contributed by atoms with Gasteiger partial charge in [0.25, 0.3) is 0 Å². The summed E-state index contributed by atoms with van der Waals surface area (Å²) in [6, 6.07) is 11.0. The van der Waals surface area contributed by atoms with Crippen molar-refractivity contribution in [2.24, 2.45) is 5.41 Å². The van der Waals surface area contributed by atoms with Gasteiger partial charge in [0.1, 0.15) is 0 Å². The molecule has 2 fully saturated rings. The Labute approximate surface area is 126 Å². The van der Waals surface area contributed by atoms with E-state index in [1.165, 1.54) is 50.0 Å². The van der Waals surface area contributed by atoms with E-state index in [-0.39, 0.29) is 0 Å². The first kappa shape index (κ1) is 13.2. The lowest BCUT2D eigenvalue weighted by atomic mass is 9.86. The monoisotopic (exact) mass is 281 g/mol. The second-order valence-corrected chi connectivity index (χ2v) is 6.87. The van der Waals surface area contributed by atoms with Gasteiger partial charge in [-0.3, -0.25) is 9.88 Å². The summed E-state index contributed by atoms with van der Waals surface area (Å²) < 4.78 is 0. The quantitative estimate of drug-likeness (QED) is 0.917. The van der Waals surface area contributed by atoms with Crippen LogP contribution in [0.15, 0.2) is 30.3 Å². The van der Waals surface area contributed by atoms with Crippen molar-refractivity contribution in [3.05, 3.63) is 41.6 Å². The molecule has 2 aliphatic heterocycles. The summed E-state index contributed by atoms with van der Waals surface area (Å²) in [6.07, 6.45) is 2.71. The van der Waals surface area contributed by atoms with E-state index in [4.69, 9.17) is 0 Å². The maximum Gasteiger partial charge on any atom is 0.0705 e. The topological polar surface area (TPSA) is 28.2 Å². The Bertz CT molecular complexity index is 659. The number of aryl methyl sites for hydroxylation is 1. The fourth-order valence-electron chi connectivity index (χ4n) is 3.94. The maximum atomic E-state index is 4.58. The van der Waals surface area contributed by atoms with Crippen molar-refractivity contribution in [1.29, 1.82) is 0 Å². The zero-order valence-corrected chi connectivity index (χ0v) is 12.7. The first-order valence-corrected chi connectivity index (χ1v) is 8.02. The molecule has 2 saturated heterocycles. The summed E-state index contributed by atoms with van der Waals surface area (Å²) in [7, 11) is 0. The van der Waals surface area contributed by atoms with Crippen LogP contribution < -0.4 is 5.32 Å². The number of pyridine rings is 1. The molecule has 2 aliphatic rings. The third kappa shape index (κ3) is 2.56. The molecule has 4 rings (SSSR count). The van der Waals surface area contributed by atoms with Crippen LogP contribution in [0.4, 0.5) is 0 Å². The average Bonchev–Trinajstić information content (AvgIpc) is 3.10. The number of likely N-dealkylation sites (tertiary alicyclic amines) is 1. The minimum atomic E-state index is 0.565. The van der Waals surface area contributed by atoms with Gasteiger partial charge in [0.15, 0.2) is 0 Å². The highest BCUT2D eigenvalue weighted by Crippen LogP contribution is 2.36. The van der Waals surface area contributed by atoms with E-state index in [0.29, 0.717) is 5.41 Å². The zero-order valence-electron chi connectivity index (χ0n) is 12.7. The fourth-order valence-corrected chi connectivity index (χ4v) is 3.94. The summed E-state index contributed by atoms with van der Waals surface area (Å²) in [4.78, 5) is 7.21. The summed E-state index contributed by atoms with van der Waals surface area (Å²) in [6.45, 7) is 8.04. The second-order valence-electron chi connectivity index (χ2n) is 6.87. The Balaban J connectivity index is 1.51. The Hall–Kier alpha value is -1.45. The van der Waals surface area contributed by atoms with Crippen molar-refractivity contribution in [2.45, 2.75) is 26.3 Å². The zero-order chi connectivity index (χ0) is 14.3. The molecular weight excluding hydrogens is 258 g/mol. The van der Waals surface area contributed by atoms with Crippen molar-refractivity contribution >= 4 is 10.9 Å². The number of rotatable bonds is 2. The van der Waals surface area contributed by atoms with Gasteiger partial charge in [-0.2, -0.15) is 0 Å². The minimum Gasteiger partial charge on any atom is -0.316 e. The Kier molecular flexibility index (Phi) is 3.20. The first-order chi connectivity index (χ1) is 10.2. The van der Waals surface area contributed by atoms with E-state index in [9.17, 15) is 0 Å². The van der Waals surface area contributed by atoms with E-state index < -0.39 is 0 Å². The van der Waals surface area contributed by atoms with Crippen LogP contribution in [0.25, 0.3) is 10.9 Å². The molecule has 3 nitrogen and oxygen atoms in total. The van der Waals surface area contributed by atoms with E-state index in [1.54, 1.807) is 0 Å². The highest BCUT2D eigenvalue weighted by molar-refractivity contribution is 5.79. The lowest BCUT2D eigenvalue weighted by Gasteiger charge is -2.22. The number of fused-ring (bicyclic) bond motifs is 1. The predicted octanol–water partition coefficient (Wildman–Crippen LogP) is 2.73. The molecule has 1 N–H and O–H groups in total. The standard InChI is InChI=1S/C18H23N3/c1-14-2-4-16-10-15(3-5-17(16)20-14)11-21-9-7-18(13-21)6-8-19-12-18/h2-5,10,19H,6-9,11-13H2,1H3. The minimum absolute atomic E-state index is 0.565. The lowest BCUT2D eigenvalue weighted by molar-refractivity contribution is 0.269. The van der Waals surface area contributed by atoms with E-state index >= 15 is 0 Å². The predicted molar refractivity (Wildman–Crippen MR) is 86.3 cm³/mol. The molecule has 3 heterocycles. The second kappa shape index (κ2) is 5.08. The van der Waals surface area contributed by atoms with Gasteiger partial charge in [-0.05, 0) is 62.0 Å². The normalized spacial score (nSPS) is 26.1. The maximum absolute atomic E-state index is 4.58. The molecule has 0 saturated carbocycles. The van der Waals surface area contributed by atoms with Gasteiger partial charge < -0.3 is 5.32 Å². The summed E-state index contributed by atoms with van der Waals surface area (Å²) in [5.41, 5.74) is 4.17. The Morgan fingerprint density at radius 2 is 2.19 bits per heavy atom. The molecule has 1 unspecified atom stereocenters. The molecule has 1 aromatic heterocycles. The largest absolute Gasteiger partial charge is 0.316 e. The molecule has 0 aliphatic carbocycles. The summed E-state index contributed by atoms with van der Waals surface area (Å²) in [5.74, 6) is 0. The van der Waals surface area contributed by atoms with E-state index in [0.717, 1.165) is 17.8 Å². The van der Waals surface area contributed by atoms with E-state index in [2.05, 4.69) is 45.5 Å². The molecule has 1 aromatic carbocycles. The van der Waals surface area contributed by atoms with Crippen LogP contribution >= 0.6 is 0 Å². The number of hydrogen-bond acceptors (Lipinski definition) is 3. The van der Waals surface area contributed by atoms with Gasteiger partial charge in [-0.1, -0.05) is 12.1 Å². The molecule has 21 heavy (non-hydrogen) atoms. The smallest absolute Gasteiger partial charge is 0.0705 e. The average molecular weight is 281 g/mol. The molecule has 0 radical (unpaired) electrons. The van der Waals surface area contributed by atoms with Crippen LogP contribution in [0.3, 0.4) is 0 Å². The number of nitrogens with one attached hydrogen (secondary N) is 1. The molecule has 0 amide bonds. The lowest BCUT2D eigenvalue weighted by Crippen LogP contribution is -2.28. The first-order valence-electron chi connectivity index (χ1n) is 8.02. The highest BCUT2D eigenvalue weighted by atomic mass is 15.2. The van der Waals surface area contributed by atoms with Gasteiger partial charge >= 0.3 is 0 Å². The van der Waals surface area contributed by atoms with Crippen LogP contribution in [-0.4, -0.2) is 36.1 Å². The number of nitrogens with zero attached hydrogens (tertiary/aromatic N) is 2. The third-order valence-electron chi connectivity index (χ3n) is 5.15. The van der Waals surface area contributed by atoms with Gasteiger partial charge in [0.05, 0.1) is 5.52 Å². The van der Waals surface area contributed by atoms with Gasteiger partial charge in [0.2, 0.25) is 0 Å². The Morgan fingerprint density at radius 1 is 1.24 bits per heavy atom. The summed E-state index contributed by atoms with van der Waals surface area (Å²) in [5, 5.41) is 4.79. The van der Waals surface area contributed by atoms with E-state index in [1.807, 2.05) is 6.92 Å². The Morgan fingerprint density at radius 3 is 3.05 bits per heavy atom. The van der Waals surface area contributed by atoms with Crippen LogP contribution in [0.1, 0.15) is 24.1 Å². The molecular formula is C18H23N3. The molecule has 2 aromatic rings. The SMILES string of the molecule is Cc1ccc2cc(CN3CCC4(CCNC4)C3)ccc2n1. The summed E-state index contributed by atoms with van der Waals surface area (Å²) >= 11 is 0. The van der Waals surface area contributed by atoms with Crippen molar-refractivity contribution in [1.82, 2.24) is 15.2 Å². The van der Waals surface area contributed by atoms with Crippen molar-refractivity contribution < 1.29 is 0 Å². The number of hydrogen-bond donors (Lipinski definition) is 1. The number of benzene rings is 1. The third-order valence-corrected chi connectivity index (χ3v) is 5.15. The van der Waals surface area contributed by atoms with Crippen LogP contribution in [-0.2, 0) is 6.54 Å². The van der Waals surface area contributed by atoms with Crippen LogP contribution in [0, 0.1) is 12.3 Å². The molecule has 110 valence electrons. The van der Waals surface area contributed by atoms with Crippen LogP contribution in [0.2, 0.25) is 0 Å². The van der Waals surface area contributed by atoms with Crippen molar-refractivity contribution in [3.8, 4) is 0 Å². The van der Waals surface area contributed by atoms with Gasteiger partial charge in [-0.15, -0.1) is 0 Å². The van der Waals surface area contributed by atoms with Crippen LogP contribution in [0.5, 0.6) is 0 Å². The highest BCUT2D eigenvalue weighted by Gasteiger charge is 2.39. The molecule has 1 atom stereocenters. The fraction of sp³-hybridized carbons (Fsp3) is 0.500. The molecule has 3 heteroatoms. The van der Waals surface area contributed by atoms with Crippen molar-refractivity contribution in [3.63, 3.8) is 0 Å².